The number of amides is 1. The first-order chi connectivity index (χ1) is 8.72. The third-order valence-corrected chi connectivity index (χ3v) is 3.56. The molecule has 2 aliphatic rings. The van der Waals surface area contributed by atoms with Crippen molar-refractivity contribution in [1.82, 2.24) is 4.90 Å². The number of rotatable bonds is 3. The highest BCUT2D eigenvalue weighted by atomic mass is 16.5. The lowest BCUT2D eigenvalue weighted by Crippen LogP contribution is -2.46. The van der Waals surface area contributed by atoms with Gasteiger partial charge in [-0.1, -0.05) is 0 Å². The fourth-order valence-electron chi connectivity index (χ4n) is 2.61. The van der Waals surface area contributed by atoms with Gasteiger partial charge < -0.3 is 14.4 Å². The van der Waals surface area contributed by atoms with Gasteiger partial charge in [0.25, 0.3) is 5.91 Å². The molecule has 5 heteroatoms. The molecule has 0 spiro atoms. The van der Waals surface area contributed by atoms with Crippen molar-refractivity contribution in [3.8, 4) is 0 Å². The molecule has 0 aromatic rings. The lowest BCUT2D eigenvalue weighted by atomic mass is 9.97. The number of ether oxygens (including phenoxy) is 2. The second-order valence-electron chi connectivity index (χ2n) is 4.88. The zero-order valence-corrected chi connectivity index (χ0v) is 10.9. The molecule has 2 rings (SSSR count). The second kappa shape index (κ2) is 6.18. The van der Waals surface area contributed by atoms with Crippen LogP contribution in [0.2, 0.25) is 0 Å². The molecule has 0 aromatic heterocycles. The first kappa shape index (κ1) is 13.3. The lowest BCUT2D eigenvalue weighted by Gasteiger charge is -2.32. The van der Waals surface area contributed by atoms with Gasteiger partial charge in [-0.05, 0) is 32.6 Å². The van der Waals surface area contributed by atoms with Crippen LogP contribution in [0.25, 0.3) is 0 Å². The standard InChI is InChI=1S/C13H21NO4/c1-2-17-13(16)10-5-3-7-14(9-10)12(15)11-6-4-8-18-11/h10-11H,2-9H2,1H3/t10?,11-/m1/s1. The largest absolute Gasteiger partial charge is 0.466 e. The summed E-state index contributed by atoms with van der Waals surface area (Å²) in [5, 5.41) is 0. The molecule has 0 radical (unpaired) electrons. The third-order valence-electron chi connectivity index (χ3n) is 3.56. The van der Waals surface area contributed by atoms with Gasteiger partial charge in [-0.3, -0.25) is 9.59 Å². The topological polar surface area (TPSA) is 55.8 Å². The second-order valence-corrected chi connectivity index (χ2v) is 4.88. The summed E-state index contributed by atoms with van der Waals surface area (Å²) in [6.07, 6.45) is 3.15. The van der Waals surface area contributed by atoms with E-state index in [1.165, 1.54) is 0 Å². The zero-order valence-electron chi connectivity index (χ0n) is 10.9. The van der Waals surface area contributed by atoms with Crippen LogP contribution >= 0.6 is 0 Å². The van der Waals surface area contributed by atoms with Gasteiger partial charge in [0.15, 0.2) is 0 Å². The van der Waals surface area contributed by atoms with Crippen molar-refractivity contribution in [2.75, 3.05) is 26.3 Å². The molecule has 18 heavy (non-hydrogen) atoms. The number of esters is 1. The predicted octanol–water partition coefficient (Wildman–Crippen LogP) is 0.967. The van der Waals surface area contributed by atoms with E-state index in [9.17, 15) is 9.59 Å². The van der Waals surface area contributed by atoms with Crippen molar-refractivity contribution in [3.05, 3.63) is 0 Å². The molecule has 1 amide bonds. The molecule has 2 aliphatic heterocycles. The SMILES string of the molecule is CCOC(=O)C1CCCN(C(=O)[C@H]2CCCO2)C1. The maximum absolute atomic E-state index is 12.2. The summed E-state index contributed by atoms with van der Waals surface area (Å²) in [6, 6.07) is 0. The zero-order chi connectivity index (χ0) is 13.0. The van der Waals surface area contributed by atoms with Gasteiger partial charge in [-0.15, -0.1) is 0 Å². The van der Waals surface area contributed by atoms with E-state index in [4.69, 9.17) is 9.47 Å². The number of hydrogen-bond acceptors (Lipinski definition) is 4. The van der Waals surface area contributed by atoms with Crippen molar-refractivity contribution in [3.63, 3.8) is 0 Å². The smallest absolute Gasteiger partial charge is 0.310 e. The van der Waals surface area contributed by atoms with Crippen molar-refractivity contribution >= 4 is 11.9 Å². The summed E-state index contributed by atoms with van der Waals surface area (Å²) in [5.41, 5.74) is 0. The minimum Gasteiger partial charge on any atom is -0.466 e. The van der Waals surface area contributed by atoms with Crippen LogP contribution in [-0.4, -0.2) is 49.2 Å². The quantitative estimate of drug-likeness (QED) is 0.705. The molecular weight excluding hydrogens is 234 g/mol. The molecule has 2 atom stereocenters. The highest BCUT2D eigenvalue weighted by Gasteiger charge is 2.34. The first-order valence-corrected chi connectivity index (χ1v) is 6.79. The van der Waals surface area contributed by atoms with Crippen LogP contribution in [-0.2, 0) is 19.1 Å². The Bertz CT molecular complexity index is 312. The molecule has 102 valence electrons. The molecule has 0 N–H and O–H groups in total. The van der Waals surface area contributed by atoms with Gasteiger partial charge in [0.05, 0.1) is 12.5 Å². The van der Waals surface area contributed by atoms with Crippen molar-refractivity contribution in [2.24, 2.45) is 5.92 Å². The highest BCUT2D eigenvalue weighted by molar-refractivity contribution is 5.82. The minimum atomic E-state index is -0.286. The van der Waals surface area contributed by atoms with Gasteiger partial charge >= 0.3 is 5.97 Å². The Balaban J connectivity index is 1.89. The summed E-state index contributed by atoms with van der Waals surface area (Å²) < 4.78 is 10.4. The molecule has 0 aromatic carbocycles. The molecule has 0 saturated carbocycles. The monoisotopic (exact) mass is 255 g/mol. The van der Waals surface area contributed by atoms with E-state index < -0.39 is 0 Å². The number of likely N-dealkylation sites (tertiary alicyclic amines) is 1. The summed E-state index contributed by atoms with van der Waals surface area (Å²) in [6.45, 7) is 4.09. The molecule has 2 fully saturated rings. The summed E-state index contributed by atoms with van der Waals surface area (Å²) in [4.78, 5) is 25.6. The molecule has 0 bridgehead atoms. The van der Waals surface area contributed by atoms with Crippen LogP contribution in [0.3, 0.4) is 0 Å². The average Bonchev–Trinajstić information content (AvgIpc) is 2.92. The fraction of sp³-hybridized carbons (Fsp3) is 0.846. The van der Waals surface area contributed by atoms with Gasteiger partial charge in [0, 0.05) is 19.7 Å². The van der Waals surface area contributed by atoms with E-state index in [1.807, 2.05) is 0 Å². The lowest BCUT2D eigenvalue weighted by molar-refractivity contribution is -0.153. The molecule has 1 unspecified atom stereocenters. The molecule has 2 saturated heterocycles. The Hall–Kier alpha value is -1.10. The molecule has 0 aliphatic carbocycles. The Morgan fingerprint density at radius 1 is 1.33 bits per heavy atom. The number of carbonyl (C=O) groups excluding carboxylic acids is 2. The van der Waals surface area contributed by atoms with E-state index in [1.54, 1.807) is 11.8 Å². The Morgan fingerprint density at radius 2 is 2.17 bits per heavy atom. The van der Waals surface area contributed by atoms with Crippen LogP contribution in [0.1, 0.15) is 32.6 Å². The van der Waals surface area contributed by atoms with E-state index in [-0.39, 0.29) is 23.9 Å². The summed E-state index contributed by atoms with van der Waals surface area (Å²) >= 11 is 0. The van der Waals surface area contributed by atoms with E-state index in [0.717, 1.165) is 32.2 Å². The van der Waals surface area contributed by atoms with Crippen LogP contribution in [0.4, 0.5) is 0 Å². The number of piperidine rings is 1. The van der Waals surface area contributed by atoms with Crippen LogP contribution < -0.4 is 0 Å². The Morgan fingerprint density at radius 3 is 2.83 bits per heavy atom. The maximum Gasteiger partial charge on any atom is 0.310 e. The predicted molar refractivity (Wildman–Crippen MR) is 64.9 cm³/mol. The van der Waals surface area contributed by atoms with E-state index >= 15 is 0 Å². The van der Waals surface area contributed by atoms with Crippen molar-refractivity contribution in [2.45, 2.75) is 38.7 Å². The normalized spacial score (nSPS) is 28.2. The Kier molecular flexibility index (Phi) is 4.58. The van der Waals surface area contributed by atoms with Gasteiger partial charge in [0.2, 0.25) is 0 Å². The third kappa shape index (κ3) is 3.02. The summed E-state index contributed by atoms with van der Waals surface area (Å²) in [7, 11) is 0. The Labute approximate surface area is 107 Å². The highest BCUT2D eigenvalue weighted by Crippen LogP contribution is 2.21. The number of nitrogens with zero attached hydrogens (tertiary/aromatic N) is 1. The van der Waals surface area contributed by atoms with Crippen LogP contribution in [0, 0.1) is 5.92 Å². The van der Waals surface area contributed by atoms with Gasteiger partial charge in [-0.2, -0.15) is 0 Å². The minimum absolute atomic E-state index is 0.0431. The molecule has 2 heterocycles. The molecule has 5 nitrogen and oxygen atoms in total. The summed E-state index contributed by atoms with van der Waals surface area (Å²) in [5.74, 6) is -0.298. The van der Waals surface area contributed by atoms with Crippen molar-refractivity contribution < 1.29 is 19.1 Å². The van der Waals surface area contributed by atoms with Crippen LogP contribution in [0.5, 0.6) is 0 Å². The maximum atomic E-state index is 12.2. The van der Waals surface area contributed by atoms with Gasteiger partial charge in [-0.25, -0.2) is 0 Å². The van der Waals surface area contributed by atoms with Gasteiger partial charge in [0.1, 0.15) is 6.10 Å². The van der Waals surface area contributed by atoms with Crippen molar-refractivity contribution in [1.29, 1.82) is 0 Å². The number of carbonyl (C=O) groups is 2. The van der Waals surface area contributed by atoms with E-state index in [0.29, 0.717) is 19.8 Å². The number of hydrogen-bond donors (Lipinski definition) is 0. The van der Waals surface area contributed by atoms with Crippen LogP contribution in [0.15, 0.2) is 0 Å². The first-order valence-electron chi connectivity index (χ1n) is 6.79. The average molecular weight is 255 g/mol. The molecular formula is C13H21NO4. The van der Waals surface area contributed by atoms with E-state index in [2.05, 4.69) is 0 Å². The fourth-order valence-corrected chi connectivity index (χ4v) is 2.61.